The Balaban J connectivity index is 1.69. The van der Waals surface area contributed by atoms with Crippen molar-refractivity contribution < 1.29 is 26.0 Å². The Morgan fingerprint density at radius 2 is 1.48 bits per heavy atom. The number of nitrogens with zero attached hydrogens (tertiary/aromatic N) is 2. The summed E-state index contributed by atoms with van der Waals surface area (Å²) in [6.07, 6.45) is 1.14. The fourth-order valence-corrected chi connectivity index (χ4v) is 6.62. The van der Waals surface area contributed by atoms with Crippen LogP contribution in [0.2, 0.25) is 0 Å². The van der Waals surface area contributed by atoms with Gasteiger partial charge in [0, 0.05) is 19.6 Å². The van der Waals surface area contributed by atoms with Crippen molar-refractivity contribution in [2.24, 2.45) is 0 Å². The second kappa shape index (κ2) is 7.67. The van der Waals surface area contributed by atoms with Crippen molar-refractivity contribution in [1.29, 1.82) is 0 Å². The second-order valence-corrected chi connectivity index (χ2v) is 10.7. The highest BCUT2D eigenvalue weighted by atomic mass is 32.2. The van der Waals surface area contributed by atoms with Crippen molar-refractivity contribution in [2.45, 2.75) is 22.6 Å². The predicted octanol–water partition coefficient (Wildman–Crippen LogP) is 1.99. The summed E-state index contributed by atoms with van der Waals surface area (Å²) in [6, 6.07) is 9.23. The van der Waals surface area contributed by atoms with Gasteiger partial charge in [0.15, 0.2) is 0 Å². The third-order valence-corrected chi connectivity index (χ3v) is 8.86. The molecule has 4 rings (SSSR count). The SMILES string of the molecule is O=S(=O)(c1ccc2c(c1)CCCN2S(=O)(=O)c1ccc(F)cc1)N1CCOCC1. The van der Waals surface area contributed by atoms with Crippen LogP contribution in [0.4, 0.5) is 10.1 Å². The van der Waals surface area contributed by atoms with E-state index in [0.717, 1.165) is 12.1 Å². The molecule has 1 fully saturated rings. The molecule has 0 N–H and O–H groups in total. The molecule has 0 unspecified atom stereocenters. The van der Waals surface area contributed by atoms with Crippen LogP contribution in [-0.4, -0.2) is 54.0 Å². The molecule has 10 heteroatoms. The van der Waals surface area contributed by atoms with Crippen molar-refractivity contribution in [3.05, 3.63) is 53.8 Å². The first-order chi connectivity index (χ1) is 13.8. The molecule has 156 valence electrons. The number of sulfonamides is 2. The standard InChI is InChI=1S/C19H21FN2O5S2/c20-16-3-5-17(6-4-16)29(25,26)22-9-1-2-15-14-18(7-8-19(15)22)28(23,24)21-10-12-27-13-11-21/h3-8,14H,1-2,9-13H2. The van der Waals surface area contributed by atoms with Gasteiger partial charge in [-0.15, -0.1) is 0 Å². The zero-order chi connectivity index (χ0) is 20.6. The van der Waals surface area contributed by atoms with E-state index < -0.39 is 25.9 Å². The maximum absolute atomic E-state index is 13.2. The number of hydrogen-bond acceptors (Lipinski definition) is 5. The summed E-state index contributed by atoms with van der Waals surface area (Å²) in [7, 11) is -7.53. The largest absolute Gasteiger partial charge is 0.379 e. The van der Waals surface area contributed by atoms with Crippen LogP contribution >= 0.6 is 0 Å². The number of hydrogen-bond donors (Lipinski definition) is 0. The zero-order valence-corrected chi connectivity index (χ0v) is 17.3. The number of halogens is 1. The summed E-state index contributed by atoms with van der Waals surface area (Å²) in [5, 5.41) is 0. The highest BCUT2D eigenvalue weighted by Gasteiger charge is 2.32. The van der Waals surface area contributed by atoms with Crippen LogP contribution in [0.25, 0.3) is 0 Å². The van der Waals surface area contributed by atoms with Crippen molar-refractivity contribution in [1.82, 2.24) is 4.31 Å². The van der Waals surface area contributed by atoms with E-state index in [4.69, 9.17) is 4.74 Å². The molecule has 0 saturated carbocycles. The Hall–Kier alpha value is -2.01. The zero-order valence-electron chi connectivity index (χ0n) is 15.6. The number of fused-ring (bicyclic) bond motifs is 1. The molecule has 0 bridgehead atoms. The van der Waals surface area contributed by atoms with E-state index in [1.165, 1.54) is 26.8 Å². The van der Waals surface area contributed by atoms with Crippen LogP contribution in [0.5, 0.6) is 0 Å². The number of ether oxygens (including phenoxy) is 1. The van der Waals surface area contributed by atoms with Crippen LogP contribution in [0, 0.1) is 5.82 Å². The van der Waals surface area contributed by atoms with Crippen LogP contribution in [0.1, 0.15) is 12.0 Å². The molecule has 2 aliphatic heterocycles. The highest BCUT2D eigenvalue weighted by Crippen LogP contribution is 2.34. The van der Waals surface area contributed by atoms with Crippen LogP contribution in [0.15, 0.2) is 52.3 Å². The van der Waals surface area contributed by atoms with E-state index in [2.05, 4.69) is 0 Å². The van der Waals surface area contributed by atoms with Gasteiger partial charge in [0.2, 0.25) is 10.0 Å². The highest BCUT2D eigenvalue weighted by molar-refractivity contribution is 7.92. The maximum atomic E-state index is 13.2. The first kappa shape index (κ1) is 20.3. The topological polar surface area (TPSA) is 84.0 Å². The fraction of sp³-hybridized carbons (Fsp3) is 0.368. The number of anilines is 1. The van der Waals surface area contributed by atoms with Gasteiger partial charge in [0.25, 0.3) is 10.0 Å². The van der Waals surface area contributed by atoms with E-state index in [1.54, 1.807) is 12.1 Å². The Bertz CT molecular complexity index is 1110. The molecular weight excluding hydrogens is 419 g/mol. The minimum absolute atomic E-state index is 0.00300. The van der Waals surface area contributed by atoms with Gasteiger partial charge in [-0.1, -0.05) is 0 Å². The third kappa shape index (κ3) is 3.77. The molecule has 0 spiro atoms. The normalized spacial score (nSPS) is 18.4. The number of rotatable bonds is 4. The molecule has 2 heterocycles. The summed E-state index contributed by atoms with van der Waals surface area (Å²) in [4.78, 5) is 0.149. The number of aryl methyl sites for hydroxylation is 1. The molecule has 0 radical (unpaired) electrons. The van der Waals surface area contributed by atoms with Crippen molar-refractivity contribution in [2.75, 3.05) is 37.2 Å². The lowest BCUT2D eigenvalue weighted by atomic mass is 10.0. The first-order valence-electron chi connectivity index (χ1n) is 9.29. The Morgan fingerprint density at radius 1 is 0.828 bits per heavy atom. The summed E-state index contributed by atoms with van der Waals surface area (Å²) in [6.45, 7) is 1.58. The minimum Gasteiger partial charge on any atom is -0.379 e. The summed E-state index contributed by atoms with van der Waals surface area (Å²) in [5.41, 5.74) is 1.12. The van der Waals surface area contributed by atoms with Gasteiger partial charge in [-0.05, 0) is 60.9 Å². The Kier molecular flexibility index (Phi) is 5.36. The van der Waals surface area contributed by atoms with Crippen molar-refractivity contribution in [3.63, 3.8) is 0 Å². The molecular formula is C19H21FN2O5S2. The molecule has 29 heavy (non-hydrogen) atoms. The summed E-state index contributed by atoms with van der Waals surface area (Å²) < 4.78 is 73.0. The van der Waals surface area contributed by atoms with Gasteiger partial charge in [-0.2, -0.15) is 4.31 Å². The first-order valence-corrected chi connectivity index (χ1v) is 12.2. The van der Waals surface area contributed by atoms with Gasteiger partial charge < -0.3 is 4.74 Å². The average Bonchev–Trinajstić information content (AvgIpc) is 2.73. The lowest BCUT2D eigenvalue weighted by Crippen LogP contribution is -2.40. The quantitative estimate of drug-likeness (QED) is 0.726. The Morgan fingerprint density at radius 3 is 2.17 bits per heavy atom. The molecule has 0 aromatic heterocycles. The van der Waals surface area contributed by atoms with Crippen LogP contribution in [0.3, 0.4) is 0 Å². The van der Waals surface area contributed by atoms with E-state index in [-0.39, 0.29) is 16.3 Å². The monoisotopic (exact) mass is 440 g/mol. The Labute approximate surface area is 169 Å². The van der Waals surface area contributed by atoms with Gasteiger partial charge >= 0.3 is 0 Å². The third-order valence-electron chi connectivity index (χ3n) is 5.14. The number of morpholine rings is 1. The minimum atomic E-state index is -3.87. The molecule has 0 atom stereocenters. The molecule has 2 aliphatic rings. The van der Waals surface area contributed by atoms with E-state index >= 15 is 0 Å². The lowest BCUT2D eigenvalue weighted by molar-refractivity contribution is 0.0730. The summed E-state index contributed by atoms with van der Waals surface area (Å²) in [5.74, 6) is -0.513. The van der Waals surface area contributed by atoms with E-state index in [1.807, 2.05) is 0 Å². The predicted molar refractivity (Wildman–Crippen MR) is 105 cm³/mol. The van der Waals surface area contributed by atoms with E-state index in [0.29, 0.717) is 50.4 Å². The van der Waals surface area contributed by atoms with Crippen LogP contribution in [-0.2, 0) is 31.2 Å². The second-order valence-electron chi connectivity index (χ2n) is 6.94. The fourth-order valence-electron chi connectivity index (χ4n) is 3.62. The van der Waals surface area contributed by atoms with Gasteiger partial charge in [-0.3, -0.25) is 4.31 Å². The van der Waals surface area contributed by atoms with Gasteiger partial charge in [0.1, 0.15) is 5.82 Å². The average molecular weight is 441 g/mol. The van der Waals surface area contributed by atoms with E-state index in [9.17, 15) is 21.2 Å². The molecule has 2 aromatic carbocycles. The molecule has 7 nitrogen and oxygen atoms in total. The van der Waals surface area contributed by atoms with Gasteiger partial charge in [-0.25, -0.2) is 21.2 Å². The molecule has 0 aliphatic carbocycles. The number of benzene rings is 2. The molecule has 2 aromatic rings. The smallest absolute Gasteiger partial charge is 0.264 e. The maximum Gasteiger partial charge on any atom is 0.264 e. The van der Waals surface area contributed by atoms with Crippen molar-refractivity contribution >= 4 is 25.7 Å². The lowest BCUT2D eigenvalue weighted by Gasteiger charge is -2.31. The van der Waals surface area contributed by atoms with Gasteiger partial charge in [0.05, 0.1) is 28.7 Å². The molecule has 1 saturated heterocycles. The van der Waals surface area contributed by atoms with Crippen LogP contribution < -0.4 is 4.31 Å². The molecule has 0 amide bonds. The summed E-state index contributed by atoms with van der Waals surface area (Å²) >= 11 is 0. The van der Waals surface area contributed by atoms with Crippen molar-refractivity contribution in [3.8, 4) is 0 Å².